The second-order valence-electron chi connectivity index (χ2n) is 6.56. The zero-order valence-electron chi connectivity index (χ0n) is 14.4. The van der Waals surface area contributed by atoms with E-state index in [0.717, 1.165) is 22.2 Å². The lowest BCUT2D eigenvalue weighted by molar-refractivity contribution is -0.135. The van der Waals surface area contributed by atoms with Gasteiger partial charge >= 0.3 is 0 Å². The predicted molar refractivity (Wildman–Crippen MR) is 97.3 cm³/mol. The molecule has 1 saturated heterocycles. The molecule has 0 bridgehead atoms. The zero-order chi connectivity index (χ0) is 17.9. The maximum Gasteiger partial charge on any atom is 0.242 e. The lowest BCUT2D eigenvalue weighted by Crippen LogP contribution is -2.44. The van der Waals surface area contributed by atoms with E-state index in [4.69, 9.17) is 4.42 Å². The summed E-state index contributed by atoms with van der Waals surface area (Å²) < 4.78 is 5.27. The maximum absolute atomic E-state index is 12.6. The fourth-order valence-corrected chi connectivity index (χ4v) is 3.53. The van der Waals surface area contributed by atoms with E-state index in [1.807, 2.05) is 42.6 Å². The van der Waals surface area contributed by atoms with Crippen molar-refractivity contribution in [1.82, 2.24) is 15.2 Å². The molecule has 4 rings (SSSR count). The van der Waals surface area contributed by atoms with E-state index in [9.17, 15) is 9.59 Å². The summed E-state index contributed by atoms with van der Waals surface area (Å²) in [7, 11) is 0. The molecule has 1 aliphatic rings. The molecule has 0 aliphatic carbocycles. The molecule has 0 unspecified atom stereocenters. The van der Waals surface area contributed by atoms with Crippen LogP contribution >= 0.6 is 0 Å². The minimum Gasteiger partial charge on any atom is -0.469 e. The molecule has 0 spiro atoms. The molecule has 3 aromatic rings. The van der Waals surface area contributed by atoms with E-state index in [0.29, 0.717) is 32.4 Å². The standard InChI is InChI=1S/C20H21N3O3/c24-19-8-7-18(20(25)21-10-9-15-4-3-11-26-15)23(19)13-14-12-22-17-6-2-1-5-16(14)17/h1-6,11-12,18,22H,7-10,13H2,(H,21,25)/t18-/m0/s1. The van der Waals surface area contributed by atoms with Crippen LogP contribution in [0.3, 0.4) is 0 Å². The van der Waals surface area contributed by atoms with Crippen LogP contribution in [0.2, 0.25) is 0 Å². The number of likely N-dealkylation sites (tertiary alicyclic amines) is 1. The van der Waals surface area contributed by atoms with Crippen LogP contribution in [0.4, 0.5) is 0 Å². The van der Waals surface area contributed by atoms with Crippen LogP contribution in [0.1, 0.15) is 24.2 Å². The summed E-state index contributed by atoms with van der Waals surface area (Å²) in [6.07, 6.45) is 5.16. The first kappa shape index (κ1) is 16.4. The average molecular weight is 351 g/mol. The number of aromatic amines is 1. The molecule has 1 aliphatic heterocycles. The van der Waals surface area contributed by atoms with Gasteiger partial charge in [0, 0.05) is 43.0 Å². The Morgan fingerprint density at radius 3 is 3.00 bits per heavy atom. The molecule has 2 N–H and O–H groups in total. The monoisotopic (exact) mass is 351 g/mol. The number of benzene rings is 1. The maximum atomic E-state index is 12.6. The SMILES string of the molecule is O=C(NCCc1ccco1)[C@@H]1CCC(=O)N1Cc1c[nH]c2ccccc12. The van der Waals surface area contributed by atoms with Gasteiger partial charge in [-0.1, -0.05) is 18.2 Å². The van der Waals surface area contributed by atoms with Crippen LogP contribution in [0.25, 0.3) is 10.9 Å². The Balaban J connectivity index is 1.42. The first-order valence-corrected chi connectivity index (χ1v) is 8.87. The number of carbonyl (C=O) groups is 2. The van der Waals surface area contributed by atoms with E-state index >= 15 is 0 Å². The summed E-state index contributed by atoms with van der Waals surface area (Å²) in [5, 5.41) is 4.02. The first-order chi connectivity index (χ1) is 12.7. The average Bonchev–Trinajstić information content (AvgIpc) is 3.37. The van der Waals surface area contributed by atoms with Gasteiger partial charge in [-0.15, -0.1) is 0 Å². The molecule has 2 amide bonds. The fraction of sp³-hybridized carbons (Fsp3) is 0.300. The zero-order valence-corrected chi connectivity index (χ0v) is 14.4. The Morgan fingerprint density at radius 1 is 1.27 bits per heavy atom. The lowest BCUT2D eigenvalue weighted by atomic mass is 10.1. The molecule has 3 heterocycles. The van der Waals surface area contributed by atoms with E-state index in [1.54, 1.807) is 11.2 Å². The van der Waals surface area contributed by atoms with E-state index in [1.165, 1.54) is 0 Å². The summed E-state index contributed by atoms with van der Waals surface area (Å²) in [6, 6.07) is 11.3. The van der Waals surface area contributed by atoms with Crippen molar-refractivity contribution in [3.05, 3.63) is 60.2 Å². The molecular weight excluding hydrogens is 330 g/mol. The van der Waals surface area contributed by atoms with Gasteiger partial charge in [0.05, 0.1) is 6.26 Å². The third kappa shape index (κ3) is 3.22. The quantitative estimate of drug-likeness (QED) is 0.716. The van der Waals surface area contributed by atoms with Crippen molar-refractivity contribution in [2.75, 3.05) is 6.54 Å². The highest BCUT2D eigenvalue weighted by molar-refractivity contribution is 5.91. The van der Waals surface area contributed by atoms with Crippen molar-refractivity contribution < 1.29 is 14.0 Å². The minimum atomic E-state index is -0.409. The minimum absolute atomic E-state index is 0.0291. The fourth-order valence-electron chi connectivity index (χ4n) is 3.53. The number of amides is 2. The third-order valence-corrected chi connectivity index (χ3v) is 4.90. The van der Waals surface area contributed by atoms with Crippen LogP contribution in [-0.4, -0.2) is 34.3 Å². The summed E-state index contributed by atoms with van der Waals surface area (Å²) in [5.41, 5.74) is 2.07. The number of hydrogen-bond donors (Lipinski definition) is 2. The van der Waals surface area contributed by atoms with Gasteiger partial charge in [0.15, 0.2) is 0 Å². The van der Waals surface area contributed by atoms with Crippen molar-refractivity contribution >= 4 is 22.7 Å². The molecule has 0 radical (unpaired) electrons. The van der Waals surface area contributed by atoms with Gasteiger partial charge in [-0.3, -0.25) is 9.59 Å². The van der Waals surface area contributed by atoms with Crippen LogP contribution in [0.15, 0.2) is 53.3 Å². The largest absolute Gasteiger partial charge is 0.469 e. The Kier molecular flexibility index (Phi) is 4.48. The number of para-hydroxylation sites is 1. The highest BCUT2D eigenvalue weighted by Crippen LogP contribution is 2.25. The van der Waals surface area contributed by atoms with Gasteiger partial charge in [0.2, 0.25) is 11.8 Å². The Morgan fingerprint density at radius 2 is 2.15 bits per heavy atom. The van der Waals surface area contributed by atoms with Crippen molar-refractivity contribution in [3.8, 4) is 0 Å². The predicted octanol–water partition coefficient (Wildman–Crippen LogP) is 2.61. The number of hydrogen-bond acceptors (Lipinski definition) is 3. The van der Waals surface area contributed by atoms with Crippen LogP contribution in [0.5, 0.6) is 0 Å². The topological polar surface area (TPSA) is 78.3 Å². The Labute approximate surface area is 151 Å². The summed E-state index contributed by atoms with van der Waals surface area (Å²) in [4.78, 5) is 29.8. The first-order valence-electron chi connectivity index (χ1n) is 8.87. The molecular formula is C20H21N3O3. The summed E-state index contributed by atoms with van der Waals surface area (Å²) in [5.74, 6) is 0.771. The number of carbonyl (C=O) groups excluding carboxylic acids is 2. The second-order valence-corrected chi connectivity index (χ2v) is 6.56. The van der Waals surface area contributed by atoms with Gasteiger partial charge < -0.3 is 19.6 Å². The highest BCUT2D eigenvalue weighted by atomic mass is 16.3. The van der Waals surface area contributed by atoms with Crippen molar-refractivity contribution in [3.63, 3.8) is 0 Å². The number of furan rings is 1. The van der Waals surface area contributed by atoms with Gasteiger partial charge in [0.1, 0.15) is 11.8 Å². The smallest absolute Gasteiger partial charge is 0.242 e. The molecule has 2 aromatic heterocycles. The van der Waals surface area contributed by atoms with Crippen molar-refractivity contribution in [1.29, 1.82) is 0 Å². The number of nitrogens with zero attached hydrogens (tertiary/aromatic N) is 1. The number of H-pyrrole nitrogens is 1. The third-order valence-electron chi connectivity index (χ3n) is 4.90. The van der Waals surface area contributed by atoms with Crippen LogP contribution in [0, 0.1) is 0 Å². The summed E-state index contributed by atoms with van der Waals surface area (Å²) in [6.45, 7) is 0.942. The normalized spacial score (nSPS) is 17.2. The Bertz CT molecular complexity index is 913. The molecule has 1 atom stereocenters. The number of nitrogens with one attached hydrogen (secondary N) is 2. The molecule has 134 valence electrons. The lowest BCUT2D eigenvalue weighted by Gasteiger charge is -2.24. The number of fused-ring (bicyclic) bond motifs is 1. The van der Waals surface area contributed by atoms with Crippen LogP contribution in [-0.2, 0) is 22.6 Å². The second kappa shape index (κ2) is 7.07. The molecule has 6 nitrogen and oxygen atoms in total. The van der Waals surface area contributed by atoms with Gasteiger partial charge in [-0.25, -0.2) is 0 Å². The number of rotatable bonds is 6. The van der Waals surface area contributed by atoms with E-state index < -0.39 is 6.04 Å². The molecule has 1 fully saturated rings. The van der Waals surface area contributed by atoms with Crippen LogP contribution < -0.4 is 5.32 Å². The van der Waals surface area contributed by atoms with E-state index in [2.05, 4.69) is 10.3 Å². The molecule has 1 aromatic carbocycles. The highest BCUT2D eigenvalue weighted by Gasteiger charge is 2.36. The van der Waals surface area contributed by atoms with Gasteiger partial charge in [0.25, 0.3) is 0 Å². The molecule has 6 heteroatoms. The van der Waals surface area contributed by atoms with Crippen molar-refractivity contribution in [2.24, 2.45) is 0 Å². The van der Waals surface area contributed by atoms with Gasteiger partial charge in [-0.2, -0.15) is 0 Å². The number of aromatic nitrogens is 1. The van der Waals surface area contributed by atoms with Gasteiger partial charge in [-0.05, 0) is 30.2 Å². The Hall–Kier alpha value is -3.02. The molecule has 26 heavy (non-hydrogen) atoms. The summed E-state index contributed by atoms with van der Waals surface area (Å²) >= 11 is 0. The van der Waals surface area contributed by atoms with E-state index in [-0.39, 0.29) is 11.8 Å². The molecule has 0 saturated carbocycles. The van der Waals surface area contributed by atoms with Crippen molar-refractivity contribution in [2.45, 2.75) is 31.8 Å².